The second-order valence-corrected chi connectivity index (χ2v) is 15.7. The van der Waals surface area contributed by atoms with E-state index in [9.17, 15) is 19.2 Å². The molecule has 9 nitrogen and oxygen atoms in total. The van der Waals surface area contributed by atoms with E-state index in [2.05, 4.69) is 26.1 Å². The van der Waals surface area contributed by atoms with Gasteiger partial charge in [0.1, 0.15) is 19.3 Å². The minimum absolute atomic E-state index is 0.0208. The zero-order valence-electron chi connectivity index (χ0n) is 28.6. The lowest BCUT2D eigenvalue weighted by Crippen LogP contribution is -2.54. The number of carboxylic acid groups (broad SMARTS) is 1. The Kier molecular flexibility index (Phi) is 11.4. The molecule has 4 fully saturated rings. The molecule has 0 heterocycles. The first-order chi connectivity index (χ1) is 22.4. The van der Waals surface area contributed by atoms with Crippen molar-refractivity contribution >= 4 is 23.8 Å². The molecule has 47 heavy (non-hydrogen) atoms. The fraction of sp³-hybridized carbons (Fsp3) is 0.737. The van der Waals surface area contributed by atoms with Gasteiger partial charge in [-0.3, -0.25) is 19.2 Å². The van der Waals surface area contributed by atoms with E-state index in [1.165, 1.54) is 38.5 Å². The highest BCUT2D eigenvalue weighted by Gasteiger charge is 2.60. The highest BCUT2D eigenvalue weighted by atomic mass is 16.5. The summed E-state index contributed by atoms with van der Waals surface area (Å²) in [4.78, 5) is 48.1. The van der Waals surface area contributed by atoms with Gasteiger partial charge in [0.2, 0.25) is 5.91 Å². The van der Waals surface area contributed by atoms with E-state index in [4.69, 9.17) is 20.3 Å². The van der Waals surface area contributed by atoms with Crippen LogP contribution in [0.25, 0.3) is 0 Å². The summed E-state index contributed by atoms with van der Waals surface area (Å²) in [6, 6.07) is 8.90. The molecule has 0 bridgehead atoms. The molecule has 0 aliphatic heterocycles. The predicted molar refractivity (Wildman–Crippen MR) is 178 cm³/mol. The van der Waals surface area contributed by atoms with Crippen LogP contribution in [0.4, 0.5) is 0 Å². The second-order valence-electron chi connectivity index (χ2n) is 15.7. The molecule has 1 amide bonds. The van der Waals surface area contributed by atoms with E-state index in [1.54, 1.807) is 0 Å². The predicted octanol–water partition coefficient (Wildman–Crippen LogP) is 6.03. The molecule has 0 radical (unpaired) electrons. The summed E-state index contributed by atoms with van der Waals surface area (Å²) < 4.78 is 11.4. The van der Waals surface area contributed by atoms with Crippen LogP contribution >= 0.6 is 0 Å². The molecule has 0 saturated heterocycles. The van der Waals surface area contributed by atoms with Gasteiger partial charge in [0.25, 0.3) is 0 Å². The van der Waals surface area contributed by atoms with Crippen LogP contribution < -0.4 is 11.1 Å². The number of nitrogens with two attached hydrogens (primary N) is 1. The summed E-state index contributed by atoms with van der Waals surface area (Å²) in [5.74, 6) is 1.72. The maximum atomic E-state index is 12.6. The number of nitrogens with one attached hydrogen (secondary N) is 1. The van der Waals surface area contributed by atoms with Gasteiger partial charge in [0.05, 0.1) is 6.04 Å². The third-order valence-corrected chi connectivity index (χ3v) is 13.1. The van der Waals surface area contributed by atoms with E-state index in [0.29, 0.717) is 42.1 Å². The molecule has 260 valence electrons. The number of carbonyl (C=O) groups excluding carboxylic acids is 3. The number of fused-ring (bicyclic) bond motifs is 5. The zero-order chi connectivity index (χ0) is 33.8. The van der Waals surface area contributed by atoms with Crippen molar-refractivity contribution in [1.29, 1.82) is 0 Å². The van der Waals surface area contributed by atoms with Crippen molar-refractivity contribution < 1.29 is 33.8 Å². The molecule has 4 aliphatic rings. The minimum atomic E-state index is -1.01. The van der Waals surface area contributed by atoms with Gasteiger partial charge in [-0.15, -0.1) is 0 Å². The standard InChI is InChI=1S/C38H56N2O7/c1-24(9-16-34(43)46-23-25-7-5-4-6-8-25)29-12-13-30-28-11-10-26-21-27(17-19-37(26,2)31(28)18-20-38(29,30)3)47-35(44)22-40-36(45)32(39)14-15-33(41)42/h4-8,24,26-32H,9-23,39H2,1-3H3,(H,40,45)(H,41,42)/t24-,26+,27+,28-,29+,30-,31-,32-,37-,38+/m0/s1. The van der Waals surface area contributed by atoms with Gasteiger partial charge >= 0.3 is 17.9 Å². The molecule has 0 spiro atoms. The highest BCUT2D eigenvalue weighted by Crippen LogP contribution is 2.68. The fourth-order valence-corrected chi connectivity index (χ4v) is 10.6. The number of esters is 2. The fourth-order valence-electron chi connectivity index (χ4n) is 10.6. The third-order valence-electron chi connectivity index (χ3n) is 13.1. The van der Waals surface area contributed by atoms with Crippen molar-refractivity contribution in [2.24, 2.45) is 52.1 Å². The number of carbonyl (C=O) groups is 4. The maximum Gasteiger partial charge on any atom is 0.325 e. The summed E-state index contributed by atoms with van der Waals surface area (Å²) in [6.45, 7) is 7.50. The monoisotopic (exact) mass is 652 g/mol. The van der Waals surface area contributed by atoms with Crippen LogP contribution in [0.2, 0.25) is 0 Å². The molecule has 1 aromatic rings. The topological polar surface area (TPSA) is 145 Å². The average molecular weight is 653 g/mol. The van der Waals surface area contributed by atoms with Crippen LogP contribution in [0, 0.1) is 46.3 Å². The summed E-state index contributed by atoms with van der Waals surface area (Å²) in [5, 5.41) is 11.3. The van der Waals surface area contributed by atoms with Gasteiger partial charge in [-0.25, -0.2) is 0 Å². The van der Waals surface area contributed by atoms with Crippen molar-refractivity contribution in [2.75, 3.05) is 6.54 Å². The number of hydrogen-bond acceptors (Lipinski definition) is 7. The number of carboxylic acids is 1. The molecule has 0 aromatic heterocycles. The molecule has 1 aromatic carbocycles. The molecule has 10 atom stereocenters. The van der Waals surface area contributed by atoms with E-state index in [0.717, 1.165) is 43.1 Å². The summed E-state index contributed by atoms with van der Waals surface area (Å²) in [6.07, 6.45) is 11.3. The molecule has 4 N–H and O–H groups in total. The Morgan fingerprint density at radius 1 is 0.915 bits per heavy atom. The van der Waals surface area contributed by atoms with E-state index < -0.39 is 23.9 Å². The lowest BCUT2D eigenvalue weighted by Gasteiger charge is -2.61. The van der Waals surface area contributed by atoms with Crippen LogP contribution in [0.1, 0.15) is 110 Å². The smallest absolute Gasteiger partial charge is 0.325 e. The Balaban J connectivity index is 1.09. The van der Waals surface area contributed by atoms with E-state index in [1.807, 2.05) is 30.3 Å². The van der Waals surface area contributed by atoms with Crippen molar-refractivity contribution in [3.05, 3.63) is 35.9 Å². The third kappa shape index (κ3) is 8.03. The number of benzene rings is 1. The summed E-state index contributed by atoms with van der Waals surface area (Å²) in [7, 11) is 0. The zero-order valence-corrected chi connectivity index (χ0v) is 28.6. The Morgan fingerprint density at radius 2 is 1.64 bits per heavy atom. The first kappa shape index (κ1) is 35.4. The Hall–Kier alpha value is -2.94. The number of rotatable bonds is 13. The Bertz CT molecular complexity index is 1270. The quantitative estimate of drug-likeness (QED) is 0.219. The van der Waals surface area contributed by atoms with Crippen LogP contribution in [0.3, 0.4) is 0 Å². The summed E-state index contributed by atoms with van der Waals surface area (Å²) in [5.41, 5.74) is 7.35. The SMILES string of the molecule is C[C@@H](CCC(=O)OCc1ccccc1)[C@H]1CC[C@H]2[C@@H]3CC[C@@H]4C[C@H](OC(=O)CNC(=O)[C@@H](N)CCC(=O)O)CC[C@]4(C)[C@H]3CC[C@]12C. The number of amides is 1. The normalized spacial score (nSPS) is 34.1. The minimum Gasteiger partial charge on any atom is -0.481 e. The molecular formula is C38H56N2O7. The molecular weight excluding hydrogens is 596 g/mol. The van der Waals surface area contributed by atoms with Crippen LogP contribution in [-0.4, -0.2) is 47.6 Å². The largest absolute Gasteiger partial charge is 0.481 e. The van der Waals surface area contributed by atoms with Gasteiger partial charge in [-0.05, 0) is 123 Å². The van der Waals surface area contributed by atoms with Gasteiger partial charge in [0, 0.05) is 12.8 Å². The van der Waals surface area contributed by atoms with Crippen molar-refractivity contribution in [2.45, 2.75) is 123 Å². The molecule has 4 saturated carbocycles. The van der Waals surface area contributed by atoms with Crippen LogP contribution in [0.15, 0.2) is 30.3 Å². The first-order valence-corrected chi connectivity index (χ1v) is 18.0. The molecule has 5 rings (SSSR count). The number of ether oxygens (including phenoxy) is 2. The van der Waals surface area contributed by atoms with Gasteiger partial charge < -0.3 is 25.6 Å². The van der Waals surface area contributed by atoms with E-state index in [-0.39, 0.29) is 36.9 Å². The van der Waals surface area contributed by atoms with Gasteiger partial charge in [-0.2, -0.15) is 0 Å². The van der Waals surface area contributed by atoms with Crippen molar-refractivity contribution in [3.8, 4) is 0 Å². The molecule has 9 heteroatoms. The van der Waals surface area contributed by atoms with Crippen LogP contribution in [-0.2, 0) is 35.3 Å². The number of hydrogen-bond donors (Lipinski definition) is 3. The van der Waals surface area contributed by atoms with Crippen LogP contribution in [0.5, 0.6) is 0 Å². The lowest BCUT2D eigenvalue weighted by molar-refractivity contribution is -0.162. The van der Waals surface area contributed by atoms with Crippen molar-refractivity contribution in [1.82, 2.24) is 5.32 Å². The van der Waals surface area contributed by atoms with Crippen molar-refractivity contribution in [3.63, 3.8) is 0 Å². The highest BCUT2D eigenvalue weighted by molar-refractivity contribution is 5.85. The molecule has 0 unspecified atom stereocenters. The Labute approximate surface area is 280 Å². The lowest BCUT2D eigenvalue weighted by atomic mass is 9.44. The Morgan fingerprint density at radius 3 is 2.38 bits per heavy atom. The summed E-state index contributed by atoms with van der Waals surface area (Å²) >= 11 is 0. The number of aliphatic carboxylic acids is 1. The van der Waals surface area contributed by atoms with E-state index >= 15 is 0 Å². The average Bonchev–Trinajstić information content (AvgIpc) is 3.42. The van der Waals surface area contributed by atoms with Gasteiger partial charge in [0.15, 0.2) is 0 Å². The second kappa shape index (κ2) is 15.1. The molecule has 4 aliphatic carbocycles. The van der Waals surface area contributed by atoms with Gasteiger partial charge in [-0.1, -0.05) is 51.1 Å². The maximum absolute atomic E-state index is 12.6. The first-order valence-electron chi connectivity index (χ1n) is 18.0.